The molecule has 1 saturated heterocycles. The summed E-state index contributed by atoms with van der Waals surface area (Å²) in [6.45, 7) is 4.66. The van der Waals surface area contributed by atoms with E-state index in [1.165, 1.54) is 5.69 Å². The third-order valence-corrected chi connectivity index (χ3v) is 5.94. The molecule has 6 nitrogen and oxygen atoms in total. The molecule has 30 heavy (non-hydrogen) atoms. The molecule has 0 spiro atoms. The van der Waals surface area contributed by atoms with Crippen molar-refractivity contribution in [3.05, 3.63) is 66.1 Å². The summed E-state index contributed by atoms with van der Waals surface area (Å²) in [6, 6.07) is 13.9. The van der Waals surface area contributed by atoms with Gasteiger partial charge in [-0.1, -0.05) is 30.3 Å². The highest BCUT2D eigenvalue weighted by molar-refractivity contribution is 5.94. The first-order valence-electron chi connectivity index (χ1n) is 10.5. The zero-order chi connectivity index (χ0) is 20.9. The van der Waals surface area contributed by atoms with Crippen molar-refractivity contribution in [3.63, 3.8) is 0 Å². The van der Waals surface area contributed by atoms with Crippen LogP contribution in [-0.4, -0.2) is 45.5 Å². The van der Waals surface area contributed by atoms with E-state index in [1.54, 1.807) is 25.4 Å². The lowest BCUT2D eigenvalue weighted by molar-refractivity contribution is 0.0684. The molecule has 0 aliphatic carbocycles. The van der Waals surface area contributed by atoms with E-state index in [4.69, 9.17) is 4.74 Å². The highest BCUT2D eigenvalue weighted by Gasteiger charge is 2.24. The number of hydrogen-bond acceptors (Lipinski definition) is 4. The molecule has 0 bridgehead atoms. The van der Waals surface area contributed by atoms with Crippen molar-refractivity contribution in [2.75, 3.05) is 20.2 Å². The largest absolute Gasteiger partial charge is 0.481 e. The van der Waals surface area contributed by atoms with Crippen LogP contribution in [-0.2, 0) is 6.54 Å². The molecular formula is C24H28N4O2. The highest BCUT2D eigenvalue weighted by Crippen LogP contribution is 2.25. The summed E-state index contributed by atoms with van der Waals surface area (Å²) in [5, 5.41) is 0. The predicted octanol–water partition coefficient (Wildman–Crippen LogP) is 4.20. The van der Waals surface area contributed by atoms with Crippen LogP contribution in [0.4, 0.5) is 0 Å². The number of ether oxygens (including phenoxy) is 1. The third kappa shape index (κ3) is 4.37. The molecule has 0 atom stereocenters. The Hall–Kier alpha value is -3.15. The van der Waals surface area contributed by atoms with Crippen molar-refractivity contribution in [1.29, 1.82) is 0 Å². The molecule has 1 aromatic carbocycles. The maximum Gasteiger partial charge on any atom is 0.255 e. The molecule has 1 amide bonds. The monoisotopic (exact) mass is 404 g/mol. The number of imidazole rings is 1. The van der Waals surface area contributed by atoms with Crippen LogP contribution in [0.5, 0.6) is 5.88 Å². The summed E-state index contributed by atoms with van der Waals surface area (Å²) in [5.41, 5.74) is 2.96. The van der Waals surface area contributed by atoms with Gasteiger partial charge in [0.25, 0.3) is 5.91 Å². The number of methoxy groups -OCH3 is 1. The maximum absolute atomic E-state index is 12.7. The Balaban J connectivity index is 1.32. The number of hydrogen-bond donors (Lipinski definition) is 0. The van der Waals surface area contributed by atoms with Gasteiger partial charge in [-0.05, 0) is 38.2 Å². The zero-order valence-electron chi connectivity index (χ0n) is 17.6. The number of rotatable bonds is 6. The molecule has 1 fully saturated rings. The normalized spacial score (nSPS) is 14.7. The standard InChI is InChI=1S/C24H28N4O2/c1-18-16-26-23(20-6-4-3-5-7-20)28(18)15-12-19-10-13-27(14-11-19)24(29)21-8-9-22(30-2)25-17-21/h3-9,16-17,19H,10-15H2,1-2H3. The quantitative estimate of drug-likeness (QED) is 0.618. The molecule has 2 aromatic heterocycles. The van der Waals surface area contributed by atoms with Gasteiger partial charge in [-0.2, -0.15) is 0 Å². The molecule has 1 aliphatic heterocycles. The molecule has 0 saturated carbocycles. The van der Waals surface area contributed by atoms with Crippen LogP contribution in [0, 0.1) is 12.8 Å². The Morgan fingerprint density at radius 1 is 1.07 bits per heavy atom. The van der Waals surface area contributed by atoms with Crippen molar-refractivity contribution in [1.82, 2.24) is 19.4 Å². The number of carbonyl (C=O) groups is 1. The van der Waals surface area contributed by atoms with Crippen molar-refractivity contribution in [3.8, 4) is 17.3 Å². The fourth-order valence-electron chi connectivity index (χ4n) is 4.11. The van der Waals surface area contributed by atoms with E-state index in [2.05, 4.69) is 45.7 Å². The number of aromatic nitrogens is 3. The summed E-state index contributed by atoms with van der Waals surface area (Å²) in [6.07, 6.45) is 6.71. The summed E-state index contributed by atoms with van der Waals surface area (Å²) in [5.74, 6) is 2.23. The molecule has 0 N–H and O–H groups in total. The molecule has 1 aliphatic rings. The van der Waals surface area contributed by atoms with E-state index in [1.807, 2.05) is 17.2 Å². The van der Waals surface area contributed by atoms with Crippen LogP contribution in [0.25, 0.3) is 11.4 Å². The fourth-order valence-corrected chi connectivity index (χ4v) is 4.11. The van der Waals surface area contributed by atoms with Crippen LogP contribution in [0.2, 0.25) is 0 Å². The van der Waals surface area contributed by atoms with E-state index in [0.717, 1.165) is 50.3 Å². The number of aryl methyl sites for hydroxylation is 1. The summed E-state index contributed by atoms with van der Waals surface area (Å²) in [4.78, 5) is 23.4. The van der Waals surface area contributed by atoms with Crippen LogP contribution in [0.15, 0.2) is 54.9 Å². The minimum absolute atomic E-state index is 0.0559. The average Bonchev–Trinajstić information content (AvgIpc) is 3.18. The Kier molecular flexibility index (Phi) is 6.12. The lowest BCUT2D eigenvalue weighted by atomic mass is 9.93. The van der Waals surface area contributed by atoms with Crippen LogP contribution < -0.4 is 4.74 Å². The molecule has 3 aromatic rings. The summed E-state index contributed by atoms with van der Waals surface area (Å²) >= 11 is 0. The van der Waals surface area contributed by atoms with Crippen molar-refractivity contribution >= 4 is 5.91 Å². The lowest BCUT2D eigenvalue weighted by Crippen LogP contribution is -2.38. The molecule has 156 valence electrons. The van der Waals surface area contributed by atoms with E-state index in [9.17, 15) is 4.79 Å². The number of carbonyl (C=O) groups excluding carboxylic acids is 1. The molecule has 3 heterocycles. The van der Waals surface area contributed by atoms with Gasteiger partial charge in [0.05, 0.1) is 12.7 Å². The number of likely N-dealkylation sites (tertiary alicyclic amines) is 1. The van der Waals surface area contributed by atoms with E-state index < -0.39 is 0 Å². The van der Waals surface area contributed by atoms with Gasteiger partial charge in [0.1, 0.15) is 5.82 Å². The topological polar surface area (TPSA) is 60.2 Å². The average molecular weight is 405 g/mol. The number of amides is 1. The Morgan fingerprint density at radius 3 is 2.50 bits per heavy atom. The van der Waals surface area contributed by atoms with E-state index in [0.29, 0.717) is 17.4 Å². The van der Waals surface area contributed by atoms with Gasteiger partial charge >= 0.3 is 0 Å². The lowest BCUT2D eigenvalue weighted by Gasteiger charge is -2.32. The first kappa shape index (κ1) is 20.1. The second kappa shape index (κ2) is 9.11. The predicted molar refractivity (Wildman–Crippen MR) is 116 cm³/mol. The molecule has 4 rings (SSSR count). The van der Waals surface area contributed by atoms with Crippen LogP contribution >= 0.6 is 0 Å². The Bertz CT molecular complexity index is 974. The second-order valence-electron chi connectivity index (χ2n) is 7.85. The number of piperidine rings is 1. The molecule has 0 unspecified atom stereocenters. The molecule has 6 heteroatoms. The Labute approximate surface area is 177 Å². The van der Waals surface area contributed by atoms with E-state index >= 15 is 0 Å². The molecule has 0 radical (unpaired) electrons. The third-order valence-electron chi connectivity index (χ3n) is 5.94. The van der Waals surface area contributed by atoms with Crippen molar-refractivity contribution in [2.24, 2.45) is 5.92 Å². The second-order valence-corrected chi connectivity index (χ2v) is 7.85. The SMILES string of the molecule is COc1ccc(C(=O)N2CCC(CCn3c(C)cnc3-c3ccccc3)CC2)cn1. The number of benzene rings is 1. The minimum atomic E-state index is 0.0559. The number of nitrogens with zero attached hydrogens (tertiary/aromatic N) is 4. The maximum atomic E-state index is 12.7. The highest BCUT2D eigenvalue weighted by atomic mass is 16.5. The van der Waals surface area contributed by atoms with Gasteiger partial charge in [-0.3, -0.25) is 4.79 Å². The summed E-state index contributed by atoms with van der Waals surface area (Å²) < 4.78 is 7.38. The zero-order valence-corrected chi connectivity index (χ0v) is 17.6. The van der Waals surface area contributed by atoms with Crippen molar-refractivity contribution in [2.45, 2.75) is 32.7 Å². The van der Waals surface area contributed by atoms with Gasteiger partial charge in [-0.15, -0.1) is 0 Å². The smallest absolute Gasteiger partial charge is 0.255 e. The molecular weight excluding hydrogens is 376 g/mol. The minimum Gasteiger partial charge on any atom is -0.481 e. The first-order chi connectivity index (χ1) is 14.7. The van der Waals surface area contributed by atoms with Gasteiger partial charge in [0.15, 0.2) is 0 Å². The van der Waals surface area contributed by atoms with Crippen LogP contribution in [0.3, 0.4) is 0 Å². The Morgan fingerprint density at radius 2 is 1.83 bits per heavy atom. The van der Waals surface area contributed by atoms with Gasteiger partial charge in [-0.25, -0.2) is 9.97 Å². The first-order valence-corrected chi connectivity index (χ1v) is 10.5. The van der Waals surface area contributed by atoms with Crippen LogP contribution in [0.1, 0.15) is 35.3 Å². The van der Waals surface area contributed by atoms with Gasteiger partial charge in [0, 0.05) is 49.4 Å². The summed E-state index contributed by atoms with van der Waals surface area (Å²) in [7, 11) is 1.57. The van der Waals surface area contributed by atoms with Crippen molar-refractivity contribution < 1.29 is 9.53 Å². The van der Waals surface area contributed by atoms with Gasteiger partial charge in [0.2, 0.25) is 5.88 Å². The fraction of sp³-hybridized carbons (Fsp3) is 0.375. The number of pyridine rings is 1. The van der Waals surface area contributed by atoms with Gasteiger partial charge < -0.3 is 14.2 Å². The van der Waals surface area contributed by atoms with E-state index in [-0.39, 0.29) is 5.91 Å².